The average Bonchev–Trinajstić information content (AvgIpc) is 2.42. The van der Waals surface area contributed by atoms with Gasteiger partial charge in [-0.15, -0.1) is 0 Å². The quantitative estimate of drug-likeness (QED) is 0.857. The van der Waals surface area contributed by atoms with Gasteiger partial charge in [0.2, 0.25) is 5.91 Å². The zero-order valence-corrected chi connectivity index (χ0v) is 11.5. The van der Waals surface area contributed by atoms with E-state index in [2.05, 4.69) is 11.8 Å². The van der Waals surface area contributed by atoms with Gasteiger partial charge >= 0.3 is 0 Å². The Morgan fingerprint density at radius 2 is 2.05 bits per heavy atom. The Labute approximate surface area is 114 Å². The summed E-state index contributed by atoms with van der Waals surface area (Å²) in [7, 11) is 0. The van der Waals surface area contributed by atoms with E-state index in [-0.39, 0.29) is 17.9 Å². The van der Waals surface area contributed by atoms with E-state index >= 15 is 0 Å². The molecule has 0 saturated carbocycles. The molecule has 1 heterocycles. The predicted octanol–water partition coefficient (Wildman–Crippen LogP) is 1.27. The van der Waals surface area contributed by atoms with Crippen molar-refractivity contribution in [3.8, 4) is 0 Å². The summed E-state index contributed by atoms with van der Waals surface area (Å²) < 4.78 is 0. The highest BCUT2D eigenvalue weighted by Gasteiger charge is 2.29. The molecule has 1 fully saturated rings. The van der Waals surface area contributed by atoms with E-state index in [1.54, 1.807) is 0 Å². The second-order valence-electron chi connectivity index (χ2n) is 5.50. The van der Waals surface area contributed by atoms with Gasteiger partial charge in [-0.25, -0.2) is 0 Å². The summed E-state index contributed by atoms with van der Waals surface area (Å²) in [4.78, 5) is 13.6. The van der Waals surface area contributed by atoms with Crippen LogP contribution < -0.4 is 11.5 Å². The van der Waals surface area contributed by atoms with Crippen LogP contribution in [-0.2, 0) is 4.79 Å². The monoisotopic (exact) mass is 261 g/mol. The van der Waals surface area contributed by atoms with E-state index in [4.69, 9.17) is 11.5 Å². The molecule has 0 bridgehead atoms. The van der Waals surface area contributed by atoms with Crippen molar-refractivity contribution in [1.82, 2.24) is 4.90 Å². The molecule has 4 N–H and O–H groups in total. The molecule has 3 unspecified atom stereocenters. The van der Waals surface area contributed by atoms with Crippen LogP contribution >= 0.6 is 0 Å². The Balaban J connectivity index is 1.98. The van der Waals surface area contributed by atoms with Crippen molar-refractivity contribution in [2.24, 2.45) is 17.4 Å². The number of hydrogen-bond acceptors (Lipinski definition) is 3. The van der Waals surface area contributed by atoms with Crippen LogP contribution in [0.1, 0.15) is 31.4 Å². The first-order valence-electron chi connectivity index (χ1n) is 6.92. The van der Waals surface area contributed by atoms with Gasteiger partial charge in [-0.3, -0.25) is 9.69 Å². The number of hydrogen-bond donors (Lipinski definition) is 2. The molecule has 1 aromatic carbocycles. The number of carbonyl (C=O) groups is 1. The maximum atomic E-state index is 11.3. The smallest absolute Gasteiger partial charge is 0.221 e. The van der Waals surface area contributed by atoms with Crippen molar-refractivity contribution < 1.29 is 4.79 Å². The van der Waals surface area contributed by atoms with E-state index in [9.17, 15) is 4.79 Å². The van der Waals surface area contributed by atoms with Crippen LogP contribution in [0.4, 0.5) is 0 Å². The minimum Gasteiger partial charge on any atom is -0.369 e. The number of primary amides is 1. The molecule has 19 heavy (non-hydrogen) atoms. The lowest BCUT2D eigenvalue weighted by Crippen LogP contribution is -2.48. The summed E-state index contributed by atoms with van der Waals surface area (Å²) in [6, 6.07) is 10.5. The molecular formula is C15H23N3O. The molecule has 0 aliphatic carbocycles. The van der Waals surface area contributed by atoms with Crippen molar-refractivity contribution in [2.45, 2.75) is 31.8 Å². The minimum absolute atomic E-state index is 0.0183. The zero-order chi connectivity index (χ0) is 13.8. The van der Waals surface area contributed by atoms with Gasteiger partial charge in [0.1, 0.15) is 0 Å². The van der Waals surface area contributed by atoms with Crippen LogP contribution in [0, 0.1) is 5.92 Å². The van der Waals surface area contributed by atoms with E-state index in [1.807, 2.05) is 30.3 Å². The van der Waals surface area contributed by atoms with Crippen molar-refractivity contribution in [3.63, 3.8) is 0 Å². The van der Waals surface area contributed by atoms with Crippen molar-refractivity contribution in [1.29, 1.82) is 0 Å². The number of benzene rings is 1. The molecule has 104 valence electrons. The first-order valence-corrected chi connectivity index (χ1v) is 6.92. The molecule has 0 spiro atoms. The van der Waals surface area contributed by atoms with Crippen molar-refractivity contribution in [3.05, 3.63) is 35.9 Å². The fourth-order valence-electron chi connectivity index (χ4n) is 2.72. The summed E-state index contributed by atoms with van der Waals surface area (Å²) in [6.45, 7) is 3.70. The molecule has 1 amide bonds. The van der Waals surface area contributed by atoms with Crippen LogP contribution in [0.15, 0.2) is 30.3 Å². The Hall–Kier alpha value is -1.39. The molecule has 1 saturated heterocycles. The van der Waals surface area contributed by atoms with Crippen molar-refractivity contribution in [2.75, 3.05) is 13.1 Å². The maximum absolute atomic E-state index is 11.3. The number of amides is 1. The zero-order valence-electron chi connectivity index (χ0n) is 11.5. The molecule has 1 aromatic rings. The molecule has 0 radical (unpaired) electrons. The lowest BCUT2D eigenvalue weighted by atomic mass is 9.92. The normalized spacial score (nSPS) is 26.0. The number of nitrogens with two attached hydrogens (primary N) is 2. The Morgan fingerprint density at radius 3 is 2.68 bits per heavy atom. The second kappa shape index (κ2) is 6.17. The predicted molar refractivity (Wildman–Crippen MR) is 76.3 cm³/mol. The highest BCUT2D eigenvalue weighted by Crippen LogP contribution is 2.23. The summed E-state index contributed by atoms with van der Waals surface area (Å²) >= 11 is 0. The van der Waals surface area contributed by atoms with Crippen LogP contribution in [0.25, 0.3) is 0 Å². The number of likely N-dealkylation sites (tertiary alicyclic amines) is 1. The molecule has 4 heteroatoms. The number of rotatable bonds is 4. The molecular weight excluding hydrogens is 238 g/mol. The van der Waals surface area contributed by atoms with E-state index < -0.39 is 0 Å². The summed E-state index contributed by atoms with van der Waals surface area (Å²) in [6.07, 6.45) is 1.91. The van der Waals surface area contributed by atoms with Crippen LogP contribution in [-0.4, -0.2) is 29.9 Å². The Morgan fingerprint density at radius 1 is 1.37 bits per heavy atom. The van der Waals surface area contributed by atoms with E-state index in [0.717, 1.165) is 31.5 Å². The first-order chi connectivity index (χ1) is 9.08. The van der Waals surface area contributed by atoms with Gasteiger partial charge in [0, 0.05) is 25.2 Å². The Bertz CT molecular complexity index is 421. The number of piperidine rings is 1. The second-order valence-corrected chi connectivity index (χ2v) is 5.50. The molecule has 0 aromatic heterocycles. The van der Waals surface area contributed by atoms with E-state index in [1.165, 1.54) is 0 Å². The van der Waals surface area contributed by atoms with Gasteiger partial charge in [-0.2, -0.15) is 0 Å². The first kappa shape index (κ1) is 14.0. The molecule has 1 aliphatic heterocycles. The summed E-state index contributed by atoms with van der Waals surface area (Å²) in [5, 5.41) is 0. The van der Waals surface area contributed by atoms with Gasteiger partial charge in [-0.05, 0) is 25.3 Å². The van der Waals surface area contributed by atoms with Gasteiger partial charge < -0.3 is 11.5 Å². The minimum atomic E-state index is -0.190. The fraction of sp³-hybridized carbons (Fsp3) is 0.533. The van der Waals surface area contributed by atoms with Crippen LogP contribution in [0.2, 0.25) is 0 Å². The van der Waals surface area contributed by atoms with Crippen molar-refractivity contribution >= 4 is 5.91 Å². The largest absolute Gasteiger partial charge is 0.369 e. The highest BCUT2D eigenvalue weighted by atomic mass is 16.1. The van der Waals surface area contributed by atoms with E-state index in [0.29, 0.717) is 6.04 Å². The SMILES string of the molecule is CC1CCC(C(N)=O)CN1CC(N)c1ccccc1. The lowest BCUT2D eigenvalue weighted by molar-refractivity contribution is -0.124. The Kier molecular flexibility index (Phi) is 4.56. The van der Waals surface area contributed by atoms with Gasteiger partial charge in [0.05, 0.1) is 5.92 Å². The summed E-state index contributed by atoms with van der Waals surface area (Å²) in [5.41, 5.74) is 12.8. The molecule has 2 rings (SSSR count). The molecule has 3 atom stereocenters. The van der Waals surface area contributed by atoms with Gasteiger partial charge in [0.25, 0.3) is 0 Å². The fourth-order valence-corrected chi connectivity index (χ4v) is 2.72. The number of nitrogens with zero attached hydrogens (tertiary/aromatic N) is 1. The third-order valence-electron chi connectivity index (χ3n) is 4.07. The molecule has 4 nitrogen and oxygen atoms in total. The maximum Gasteiger partial charge on any atom is 0.221 e. The topological polar surface area (TPSA) is 72.4 Å². The highest BCUT2D eigenvalue weighted by molar-refractivity contribution is 5.76. The lowest BCUT2D eigenvalue weighted by Gasteiger charge is -2.38. The number of carbonyl (C=O) groups excluding carboxylic acids is 1. The average molecular weight is 261 g/mol. The van der Waals surface area contributed by atoms with Crippen LogP contribution in [0.3, 0.4) is 0 Å². The van der Waals surface area contributed by atoms with Gasteiger partial charge in [-0.1, -0.05) is 30.3 Å². The third-order valence-corrected chi connectivity index (χ3v) is 4.07. The third kappa shape index (κ3) is 3.55. The standard InChI is InChI=1S/C15H23N3O/c1-11-7-8-13(15(17)19)9-18(11)10-14(16)12-5-3-2-4-6-12/h2-6,11,13-14H,7-10,16H2,1H3,(H2,17,19). The van der Waals surface area contributed by atoms with Crippen LogP contribution in [0.5, 0.6) is 0 Å². The van der Waals surface area contributed by atoms with Gasteiger partial charge in [0.15, 0.2) is 0 Å². The molecule has 1 aliphatic rings. The summed E-state index contributed by atoms with van der Waals surface area (Å²) in [5.74, 6) is -0.218.